The number of ether oxygens (including phenoxy) is 1. The molecule has 0 spiro atoms. The van der Waals surface area contributed by atoms with Crippen LogP contribution in [0.25, 0.3) is 6.08 Å². The van der Waals surface area contributed by atoms with Gasteiger partial charge in [-0.05, 0) is 36.9 Å². The number of aryl methyl sites for hydroxylation is 1. The van der Waals surface area contributed by atoms with E-state index in [2.05, 4.69) is 5.32 Å². The van der Waals surface area contributed by atoms with E-state index in [1.165, 1.54) is 24.5 Å². The Labute approximate surface area is 131 Å². The standard InChI is InChI=1S/C15H15NO3S2/c1-9-10(2)21-14(13(9)15(18)19-3)16-12(17)7-6-11-5-4-8-20-11/h4-8H,1-3H3,(H,16,17)/b7-6-. The minimum absolute atomic E-state index is 0.269. The fourth-order valence-electron chi connectivity index (χ4n) is 1.76. The van der Waals surface area contributed by atoms with Gasteiger partial charge in [-0.3, -0.25) is 4.79 Å². The Kier molecular flexibility index (Phi) is 4.93. The average molecular weight is 321 g/mol. The molecule has 2 heterocycles. The third-order valence-electron chi connectivity index (χ3n) is 2.95. The number of esters is 1. The van der Waals surface area contributed by atoms with Gasteiger partial charge in [0.05, 0.1) is 12.7 Å². The largest absolute Gasteiger partial charge is 0.465 e. The van der Waals surface area contributed by atoms with Gasteiger partial charge in [-0.2, -0.15) is 0 Å². The van der Waals surface area contributed by atoms with Crippen LogP contribution in [-0.4, -0.2) is 19.0 Å². The van der Waals surface area contributed by atoms with Crippen molar-refractivity contribution in [2.75, 3.05) is 12.4 Å². The number of rotatable bonds is 4. The molecule has 4 nitrogen and oxygen atoms in total. The van der Waals surface area contributed by atoms with Gasteiger partial charge in [-0.25, -0.2) is 4.79 Å². The molecule has 1 N–H and O–H groups in total. The predicted octanol–water partition coefficient (Wildman–Crippen LogP) is 3.86. The molecule has 0 saturated carbocycles. The van der Waals surface area contributed by atoms with Crippen LogP contribution in [0.3, 0.4) is 0 Å². The molecule has 0 unspecified atom stereocenters. The smallest absolute Gasteiger partial charge is 0.341 e. The molecule has 0 aromatic carbocycles. The van der Waals surface area contributed by atoms with Gasteiger partial charge >= 0.3 is 5.97 Å². The van der Waals surface area contributed by atoms with Crippen molar-refractivity contribution in [3.05, 3.63) is 44.5 Å². The zero-order valence-electron chi connectivity index (χ0n) is 11.9. The highest BCUT2D eigenvalue weighted by atomic mass is 32.1. The van der Waals surface area contributed by atoms with E-state index >= 15 is 0 Å². The maximum Gasteiger partial charge on any atom is 0.341 e. The third-order valence-corrected chi connectivity index (χ3v) is 4.91. The van der Waals surface area contributed by atoms with Crippen molar-refractivity contribution in [2.45, 2.75) is 13.8 Å². The number of hydrogen-bond acceptors (Lipinski definition) is 5. The molecule has 1 amide bonds. The lowest BCUT2D eigenvalue weighted by Gasteiger charge is -2.03. The monoisotopic (exact) mass is 321 g/mol. The van der Waals surface area contributed by atoms with Gasteiger partial charge in [0, 0.05) is 15.8 Å². The summed E-state index contributed by atoms with van der Waals surface area (Å²) in [7, 11) is 1.33. The van der Waals surface area contributed by atoms with E-state index in [0.717, 1.165) is 15.3 Å². The number of hydrogen-bond donors (Lipinski definition) is 1. The van der Waals surface area contributed by atoms with Crippen molar-refractivity contribution in [2.24, 2.45) is 0 Å². The van der Waals surface area contributed by atoms with Crippen molar-refractivity contribution in [3.8, 4) is 0 Å². The highest BCUT2D eigenvalue weighted by Gasteiger charge is 2.20. The van der Waals surface area contributed by atoms with Crippen molar-refractivity contribution in [1.29, 1.82) is 0 Å². The lowest BCUT2D eigenvalue weighted by atomic mass is 10.1. The SMILES string of the molecule is COC(=O)c1c(NC(=O)/C=C\c2cccs2)sc(C)c1C. The molecule has 6 heteroatoms. The minimum atomic E-state index is -0.436. The Hall–Kier alpha value is -1.92. The average Bonchev–Trinajstić information content (AvgIpc) is 3.06. The zero-order valence-corrected chi connectivity index (χ0v) is 13.6. The summed E-state index contributed by atoms with van der Waals surface area (Å²) in [6, 6.07) is 3.84. The normalized spacial score (nSPS) is 10.8. The summed E-state index contributed by atoms with van der Waals surface area (Å²) in [6.07, 6.45) is 3.20. The number of thiophene rings is 2. The highest BCUT2D eigenvalue weighted by molar-refractivity contribution is 7.16. The lowest BCUT2D eigenvalue weighted by Crippen LogP contribution is -2.11. The second kappa shape index (κ2) is 6.69. The van der Waals surface area contributed by atoms with Crippen LogP contribution in [0.5, 0.6) is 0 Å². The minimum Gasteiger partial charge on any atom is -0.465 e. The Morgan fingerprint density at radius 3 is 2.71 bits per heavy atom. The molecule has 110 valence electrons. The Morgan fingerprint density at radius 2 is 2.10 bits per heavy atom. The van der Waals surface area contributed by atoms with E-state index in [1.54, 1.807) is 17.4 Å². The van der Waals surface area contributed by atoms with Crippen LogP contribution in [0.1, 0.15) is 25.7 Å². The summed E-state index contributed by atoms with van der Waals surface area (Å²) < 4.78 is 4.77. The summed E-state index contributed by atoms with van der Waals surface area (Å²) in [4.78, 5) is 25.7. The molecule has 0 aliphatic heterocycles. The highest BCUT2D eigenvalue weighted by Crippen LogP contribution is 2.32. The van der Waals surface area contributed by atoms with Gasteiger partial charge in [0.15, 0.2) is 0 Å². The Balaban J connectivity index is 2.17. The van der Waals surface area contributed by atoms with E-state index < -0.39 is 5.97 Å². The quantitative estimate of drug-likeness (QED) is 0.687. The van der Waals surface area contributed by atoms with Gasteiger partial charge in [0.1, 0.15) is 5.00 Å². The molecule has 2 rings (SSSR count). The first-order valence-corrected chi connectivity index (χ1v) is 7.93. The summed E-state index contributed by atoms with van der Waals surface area (Å²) in [5.74, 6) is -0.704. The predicted molar refractivity (Wildman–Crippen MR) is 87.1 cm³/mol. The Morgan fingerprint density at radius 1 is 1.33 bits per heavy atom. The van der Waals surface area contributed by atoms with Crippen molar-refractivity contribution in [1.82, 2.24) is 0 Å². The van der Waals surface area contributed by atoms with Gasteiger partial charge in [0.2, 0.25) is 5.91 Å². The van der Waals surface area contributed by atoms with Crippen LogP contribution in [0, 0.1) is 13.8 Å². The second-order valence-corrected chi connectivity index (χ2v) is 6.52. The fourth-order valence-corrected chi connectivity index (χ4v) is 3.43. The van der Waals surface area contributed by atoms with Gasteiger partial charge in [-0.15, -0.1) is 22.7 Å². The van der Waals surface area contributed by atoms with E-state index in [0.29, 0.717) is 10.6 Å². The summed E-state index contributed by atoms with van der Waals surface area (Å²) in [5.41, 5.74) is 1.27. The first-order chi connectivity index (χ1) is 10.0. The van der Waals surface area contributed by atoms with Crippen molar-refractivity contribution >= 4 is 45.6 Å². The molecule has 0 bridgehead atoms. The number of anilines is 1. The van der Waals surface area contributed by atoms with E-state index in [4.69, 9.17) is 4.74 Å². The van der Waals surface area contributed by atoms with Crippen LogP contribution < -0.4 is 5.32 Å². The molecule has 0 saturated heterocycles. The number of nitrogens with one attached hydrogen (secondary N) is 1. The summed E-state index contributed by atoms with van der Waals surface area (Å²) in [6.45, 7) is 3.75. The number of carbonyl (C=O) groups excluding carboxylic acids is 2. The lowest BCUT2D eigenvalue weighted by molar-refractivity contribution is -0.111. The maximum absolute atomic E-state index is 12.0. The molecule has 2 aromatic heterocycles. The topological polar surface area (TPSA) is 55.4 Å². The van der Waals surface area contributed by atoms with Crippen molar-refractivity contribution in [3.63, 3.8) is 0 Å². The van der Waals surface area contributed by atoms with Gasteiger partial charge in [0.25, 0.3) is 0 Å². The molecule has 2 aromatic rings. The van der Waals surface area contributed by atoms with Crippen LogP contribution in [0.2, 0.25) is 0 Å². The molecular weight excluding hydrogens is 306 g/mol. The van der Waals surface area contributed by atoms with Gasteiger partial charge < -0.3 is 10.1 Å². The molecule has 21 heavy (non-hydrogen) atoms. The molecule has 0 fully saturated rings. The molecule has 0 aliphatic rings. The molecule has 0 radical (unpaired) electrons. The first-order valence-electron chi connectivity index (χ1n) is 6.23. The number of amides is 1. The second-order valence-electron chi connectivity index (χ2n) is 4.32. The summed E-state index contributed by atoms with van der Waals surface area (Å²) >= 11 is 2.92. The van der Waals surface area contributed by atoms with E-state index in [9.17, 15) is 9.59 Å². The van der Waals surface area contributed by atoms with Crippen LogP contribution in [-0.2, 0) is 9.53 Å². The first kappa shape index (κ1) is 15.5. The van der Waals surface area contributed by atoms with Crippen LogP contribution >= 0.6 is 22.7 Å². The third kappa shape index (κ3) is 3.59. The zero-order chi connectivity index (χ0) is 15.4. The van der Waals surface area contributed by atoms with Crippen molar-refractivity contribution < 1.29 is 14.3 Å². The summed E-state index contributed by atoms with van der Waals surface area (Å²) in [5, 5.41) is 5.22. The van der Waals surface area contributed by atoms with Crippen LogP contribution in [0.15, 0.2) is 23.6 Å². The number of methoxy groups -OCH3 is 1. The fraction of sp³-hybridized carbons (Fsp3) is 0.200. The van der Waals surface area contributed by atoms with E-state index in [-0.39, 0.29) is 5.91 Å². The number of carbonyl (C=O) groups is 2. The van der Waals surface area contributed by atoms with E-state index in [1.807, 2.05) is 31.4 Å². The van der Waals surface area contributed by atoms with Crippen LogP contribution in [0.4, 0.5) is 5.00 Å². The van der Waals surface area contributed by atoms with Gasteiger partial charge in [-0.1, -0.05) is 6.07 Å². The molecule has 0 atom stereocenters. The maximum atomic E-state index is 12.0. The molecule has 0 aliphatic carbocycles. The Bertz CT molecular complexity index is 684. The molecular formula is C15H15NO3S2.